The third kappa shape index (κ3) is 7.13. The lowest BCUT2D eigenvalue weighted by molar-refractivity contribution is -0.137. The second-order valence-corrected chi connectivity index (χ2v) is 9.23. The molecule has 2 N–H and O–H groups in total. The summed E-state index contributed by atoms with van der Waals surface area (Å²) in [5.74, 6) is 0.645. The number of halogens is 3. The van der Waals surface area contributed by atoms with Crippen LogP contribution in [0.5, 0.6) is 5.75 Å². The van der Waals surface area contributed by atoms with Crippen molar-refractivity contribution in [3.05, 3.63) is 65.2 Å². The number of carbonyl (C=O) groups is 2. The quantitative estimate of drug-likeness (QED) is 0.442. The van der Waals surface area contributed by atoms with Crippen molar-refractivity contribution < 1.29 is 27.5 Å². The van der Waals surface area contributed by atoms with Crippen molar-refractivity contribution in [2.45, 2.75) is 19.0 Å². The average molecular weight is 534 g/mol. The first-order valence-corrected chi connectivity index (χ1v) is 12.5. The largest absolute Gasteiger partial charge is 0.497 e. The Hall–Kier alpha value is -3.80. The van der Waals surface area contributed by atoms with E-state index >= 15 is 0 Å². The molecule has 0 aliphatic carbocycles. The van der Waals surface area contributed by atoms with Gasteiger partial charge < -0.3 is 19.9 Å². The van der Waals surface area contributed by atoms with E-state index in [4.69, 9.17) is 4.74 Å². The van der Waals surface area contributed by atoms with E-state index in [1.807, 2.05) is 4.90 Å². The van der Waals surface area contributed by atoms with Gasteiger partial charge in [0.25, 0.3) is 0 Å². The van der Waals surface area contributed by atoms with Crippen molar-refractivity contribution in [3.8, 4) is 5.75 Å². The van der Waals surface area contributed by atoms with Gasteiger partial charge in [-0.1, -0.05) is 6.07 Å². The molecule has 12 heteroatoms. The molecule has 2 aromatic carbocycles. The van der Waals surface area contributed by atoms with E-state index in [0.717, 1.165) is 12.1 Å². The van der Waals surface area contributed by atoms with Crippen LogP contribution < -0.4 is 20.3 Å². The minimum absolute atomic E-state index is 0.0385. The number of alkyl halides is 3. The van der Waals surface area contributed by atoms with E-state index in [0.29, 0.717) is 60.5 Å². The molecule has 1 aromatic heterocycles. The second-order valence-electron chi connectivity index (χ2n) is 8.37. The summed E-state index contributed by atoms with van der Waals surface area (Å²) in [6.45, 7) is 1.79. The number of anilines is 3. The van der Waals surface area contributed by atoms with Gasteiger partial charge in [-0.15, -0.1) is 11.3 Å². The van der Waals surface area contributed by atoms with Gasteiger partial charge in [0.2, 0.25) is 5.91 Å². The standard InChI is InChI=1S/C25H26F3N5O3S/c1-36-21-8-5-18(6-9-21)29-23(35)31-24-30-19(16-37-24)7-10-22(34)33-13-11-32(12-14-33)20-4-2-3-17(15-20)25(26,27)28/h2-6,8-9,15-16H,7,10-14H2,1H3,(H2,29,30,31,35). The molecule has 0 saturated carbocycles. The molecule has 1 fully saturated rings. The summed E-state index contributed by atoms with van der Waals surface area (Å²) in [5, 5.41) is 7.60. The Morgan fingerprint density at radius 3 is 2.46 bits per heavy atom. The van der Waals surface area contributed by atoms with Crippen molar-refractivity contribution in [2.75, 3.05) is 48.8 Å². The van der Waals surface area contributed by atoms with Crippen LogP contribution in [0.2, 0.25) is 0 Å². The molecule has 196 valence electrons. The molecule has 0 spiro atoms. The molecule has 3 amide bonds. The number of amides is 3. The summed E-state index contributed by atoms with van der Waals surface area (Å²) in [5.41, 5.74) is 1.12. The van der Waals surface area contributed by atoms with E-state index < -0.39 is 17.8 Å². The fourth-order valence-electron chi connectivity index (χ4n) is 3.90. The molecule has 4 rings (SSSR count). The molecule has 0 atom stereocenters. The number of hydrogen-bond acceptors (Lipinski definition) is 6. The Morgan fingerprint density at radius 1 is 1.05 bits per heavy atom. The highest BCUT2D eigenvalue weighted by atomic mass is 32.1. The van der Waals surface area contributed by atoms with Crippen molar-refractivity contribution in [3.63, 3.8) is 0 Å². The van der Waals surface area contributed by atoms with Gasteiger partial charge in [-0.25, -0.2) is 9.78 Å². The number of nitrogens with one attached hydrogen (secondary N) is 2. The minimum atomic E-state index is -4.39. The number of methoxy groups -OCH3 is 1. The van der Waals surface area contributed by atoms with Crippen LogP contribution >= 0.6 is 11.3 Å². The van der Waals surface area contributed by atoms with Crippen molar-refractivity contribution >= 4 is 39.8 Å². The van der Waals surface area contributed by atoms with Gasteiger partial charge in [0.15, 0.2) is 5.13 Å². The van der Waals surface area contributed by atoms with Gasteiger partial charge >= 0.3 is 12.2 Å². The first-order valence-electron chi connectivity index (χ1n) is 11.6. The number of thiazole rings is 1. The Balaban J connectivity index is 1.21. The summed E-state index contributed by atoms with van der Waals surface area (Å²) in [4.78, 5) is 32.8. The highest BCUT2D eigenvalue weighted by Gasteiger charge is 2.31. The van der Waals surface area contributed by atoms with Crippen LogP contribution in [0, 0.1) is 0 Å². The number of urea groups is 1. The lowest BCUT2D eigenvalue weighted by atomic mass is 10.1. The van der Waals surface area contributed by atoms with Gasteiger partial charge in [0, 0.05) is 49.4 Å². The zero-order valence-corrected chi connectivity index (χ0v) is 20.9. The normalized spacial score (nSPS) is 13.8. The van der Waals surface area contributed by atoms with Gasteiger partial charge in [-0.05, 0) is 48.9 Å². The van der Waals surface area contributed by atoms with E-state index in [-0.39, 0.29) is 12.3 Å². The Bertz CT molecular complexity index is 1220. The van der Waals surface area contributed by atoms with Crippen LogP contribution in [-0.4, -0.2) is 55.1 Å². The third-order valence-electron chi connectivity index (χ3n) is 5.89. The lowest BCUT2D eigenvalue weighted by Crippen LogP contribution is -2.48. The summed E-state index contributed by atoms with van der Waals surface area (Å²) >= 11 is 1.27. The van der Waals surface area contributed by atoms with E-state index in [1.165, 1.54) is 17.4 Å². The molecule has 1 saturated heterocycles. The topological polar surface area (TPSA) is 86.8 Å². The molecule has 0 radical (unpaired) electrons. The molecular weight excluding hydrogens is 507 g/mol. The van der Waals surface area contributed by atoms with Gasteiger partial charge in [-0.3, -0.25) is 10.1 Å². The summed E-state index contributed by atoms with van der Waals surface area (Å²) in [7, 11) is 1.56. The minimum Gasteiger partial charge on any atom is -0.497 e. The number of aromatic nitrogens is 1. The monoisotopic (exact) mass is 533 g/mol. The number of carbonyl (C=O) groups excluding carboxylic acids is 2. The zero-order valence-electron chi connectivity index (χ0n) is 20.0. The summed E-state index contributed by atoms with van der Waals surface area (Å²) in [6.07, 6.45) is -3.71. The third-order valence-corrected chi connectivity index (χ3v) is 6.69. The van der Waals surface area contributed by atoms with Gasteiger partial charge in [0.05, 0.1) is 18.4 Å². The Labute approximate surface area is 216 Å². The van der Waals surface area contributed by atoms with Gasteiger partial charge in [0.1, 0.15) is 5.75 Å². The maximum Gasteiger partial charge on any atom is 0.416 e. The predicted octanol–water partition coefficient (Wildman–Crippen LogP) is 5.10. The molecule has 2 heterocycles. The molecule has 1 aliphatic heterocycles. The maximum absolute atomic E-state index is 13.0. The fraction of sp³-hybridized carbons (Fsp3) is 0.320. The molecular formula is C25H26F3N5O3S. The predicted molar refractivity (Wildman–Crippen MR) is 136 cm³/mol. The molecule has 3 aromatic rings. The molecule has 0 unspecified atom stereocenters. The van der Waals surface area contributed by atoms with Crippen LogP contribution in [-0.2, 0) is 17.4 Å². The number of ether oxygens (including phenoxy) is 1. The van der Waals surface area contributed by atoms with Crippen LogP contribution in [0.25, 0.3) is 0 Å². The highest BCUT2D eigenvalue weighted by Crippen LogP contribution is 2.32. The number of nitrogens with zero attached hydrogens (tertiary/aromatic N) is 3. The van der Waals surface area contributed by atoms with Crippen molar-refractivity contribution in [1.29, 1.82) is 0 Å². The van der Waals surface area contributed by atoms with Crippen LogP contribution in [0.4, 0.5) is 34.5 Å². The zero-order chi connectivity index (χ0) is 26.4. The number of piperazine rings is 1. The first-order chi connectivity index (χ1) is 17.7. The highest BCUT2D eigenvalue weighted by molar-refractivity contribution is 7.13. The van der Waals surface area contributed by atoms with E-state index in [2.05, 4.69) is 15.6 Å². The molecule has 37 heavy (non-hydrogen) atoms. The second kappa shape index (κ2) is 11.5. The molecule has 8 nitrogen and oxygen atoms in total. The van der Waals surface area contributed by atoms with Crippen molar-refractivity contribution in [1.82, 2.24) is 9.88 Å². The Kier molecular flexibility index (Phi) is 8.17. The first kappa shape index (κ1) is 26.3. The number of rotatable bonds is 7. The SMILES string of the molecule is COc1ccc(NC(=O)Nc2nc(CCC(=O)N3CCN(c4cccc(C(F)(F)F)c4)CC3)cs2)cc1. The molecule has 0 bridgehead atoms. The Morgan fingerprint density at radius 2 is 1.78 bits per heavy atom. The number of benzene rings is 2. The van der Waals surface area contributed by atoms with Crippen LogP contribution in [0.3, 0.4) is 0 Å². The van der Waals surface area contributed by atoms with E-state index in [1.54, 1.807) is 47.7 Å². The number of aryl methyl sites for hydroxylation is 1. The summed E-state index contributed by atoms with van der Waals surface area (Å²) < 4.78 is 44.1. The van der Waals surface area contributed by atoms with Gasteiger partial charge in [-0.2, -0.15) is 13.2 Å². The lowest BCUT2D eigenvalue weighted by Gasteiger charge is -2.36. The number of hydrogen-bond donors (Lipinski definition) is 2. The average Bonchev–Trinajstić information content (AvgIpc) is 3.34. The van der Waals surface area contributed by atoms with E-state index in [9.17, 15) is 22.8 Å². The fourth-order valence-corrected chi connectivity index (χ4v) is 4.64. The van der Waals surface area contributed by atoms with Crippen LogP contribution in [0.15, 0.2) is 53.9 Å². The smallest absolute Gasteiger partial charge is 0.416 e. The molecule has 1 aliphatic rings. The van der Waals surface area contributed by atoms with Crippen molar-refractivity contribution in [2.24, 2.45) is 0 Å². The summed E-state index contributed by atoms with van der Waals surface area (Å²) in [6, 6.07) is 11.7. The maximum atomic E-state index is 13.0. The van der Waals surface area contributed by atoms with Crippen LogP contribution in [0.1, 0.15) is 17.7 Å².